The molecule has 1 aromatic rings. The van der Waals surface area contributed by atoms with Crippen molar-refractivity contribution in [2.75, 3.05) is 18.5 Å². The van der Waals surface area contributed by atoms with Gasteiger partial charge in [-0.2, -0.15) is 0 Å². The Kier molecular flexibility index (Phi) is 4.02. The Labute approximate surface area is 122 Å². The predicted molar refractivity (Wildman–Crippen MR) is 83.9 cm³/mol. The van der Waals surface area contributed by atoms with Crippen molar-refractivity contribution < 1.29 is 5.11 Å². The summed E-state index contributed by atoms with van der Waals surface area (Å²) in [6.07, 6.45) is 6.33. The first-order chi connectivity index (χ1) is 9.67. The zero-order valence-electron chi connectivity index (χ0n) is 12.8. The van der Waals surface area contributed by atoms with Crippen molar-refractivity contribution in [2.45, 2.75) is 45.1 Å². The predicted octanol–water partition coefficient (Wildman–Crippen LogP) is 4.00. The molecule has 0 heterocycles. The molecule has 2 saturated carbocycles. The average molecular weight is 273 g/mol. The maximum Gasteiger partial charge on any atom is 0.0787 e. The molecule has 4 atom stereocenters. The van der Waals surface area contributed by atoms with Crippen molar-refractivity contribution >= 4 is 5.69 Å². The SMILES string of the molecule is CC[C@H](O)c1ccc(N(C)CC2CC3CCC2C3)cc1. The topological polar surface area (TPSA) is 23.5 Å². The van der Waals surface area contributed by atoms with Gasteiger partial charge in [0.15, 0.2) is 0 Å². The monoisotopic (exact) mass is 273 g/mol. The summed E-state index contributed by atoms with van der Waals surface area (Å²) >= 11 is 0. The van der Waals surface area contributed by atoms with Crippen molar-refractivity contribution in [1.29, 1.82) is 0 Å². The van der Waals surface area contributed by atoms with Gasteiger partial charge in [-0.3, -0.25) is 0 Å². The largest absolute Gasteiger partial charge is 0.388 e. The second-order valence-electron chi connectivity index (χ2n) is 6.83. The van der Waals surface area contributed by atoms with Crippen molar-refractivity contribution in [3.05, 3.63) is 29.8 Å². The number of fused-ring (bicyclic) bond motifs is 2. The van der Waals surface area contributed by atoms with Crippen LogP contribution in [-0.4, -0.2) is 18.7 Å². The van der Waals surface area contributed by atoms with Crippen LogP contribution in [0.3, 0.4) is 0 Å². The minimum atomic E-state index is -0.320. The van der Waals surface area contributed by atoms with Crippen LogP contribution in [0.2, 0.25) is 0 Å². The highest BCUT2D eigenvalue weighted by atomic mass is 16.3. The molecule has 20 heavy (non-hydrogen) atoms. The van der Waals surface area contributed by atoms with E-state index in [0.29, 0.717) is 0 Å². The summed E-state index contributed by atoms with van der Waals surface area (Å²) in [6, 6.07) is 8.45. The van der Waals surface area contributed by atoms with Gasteiger partial charge in [0.05, 0.1) is 6.10 Å². The lowest BCUT2D eigenvalue weighted by Crippen LogP contribution is -2.28. The molecule has 0 spiro atoms. The van der Waals surface area contributed by atoms with Gasteiger partial charge < -0.3 is 10.0 Å². The van der Waals surface area contributed by atoms with E-state index in [4.69, 9.17) is 0 Å². The van der Waals surface area contributed by atoms with Gasteiger partial charge in [0.2, 0.25) is 0 Å². The lowest BCUT2D eigenvalue weighted by Gasteiger charge is -2.28. The fraction of sp³-hybridized carbons (Fsp3) is 0.667. The number of aliphatic hydroxyl groups is 1. The van der Waals surface area contributed by atoms with Crippen LogP contribution in [-0.2, 0) is 0 Å². The summed E-state index contributed by atoms with van der Waals surface area (Å²) in [5.41, 5.74) is 2.31. The van der Waals surface area contributed by atoms with Crippen molar-refractivity contribution in [3.8, 4) is 0 Å². The van der Waals surface area contributed by atoms with Crippen molar-refractivity contribution in [2.24, 2.45) is 17.8 Å². The van der Waals surface area contributed by atoms with Crippen LogP contribution in [0.5, 0.6) is 0 Å². The molecule has 0 radical (unpaired) electrons. The van der Waals surface area contributed by atoms with Crippen LogP contribution < -0.4 is 4.90 Å². The molecule has 1 aromatic carbocycles. The minimum Gasteiger partial charge on any atom is -0.388 e. The normalized spacial score (nSPS) is 29.6. The van der Waals surface area contributed by atoms with E-state index in [-0.39, 0.29) is 6.10 Å². The highest BCUT2D eigenvalue weighted by Gasteiger charge is 2.39. The van der Waals surface area contributed by atoms with E-state index in [1.165, 1.54) is 37.9 Å². The molecule has 2 bridgehead atoms. The van der Waals surface area contributed by atoms with Gasteiger partial charge in [-0.25, -0.2) is 0 Å². The van der Waals surface area contributed by atoms with E-state index in [1.807, 2.05) is 6.92 Å². The molecule has 3 unspecified atom stereocenters. The molecule has 110 valence electrons. The Morgan fingerprint density at radius 1 is 1.20 bits per heavy atom. The number of aliphatic hydroxyl groups excluding tert-OH is 1. The Balaban J connectivity index is 1.61. The van der Waals surface area contributed by atoms with Crippen LogP contribution in [0.15, 0.2) is 24.3 Å². The summed E-state index contributed by atoms with van der Waals surface area (Å²) < 4.78 is 0. The minimum absolute atomic E-state index is 0.320. The van der Waals surface area contributed by atoms with E-state index < -0.39 is 0 Å². The first kappa shape index (κ1) is 13.9. The molecule has 1 N–H and O–H groups in total. The number of anilines is 1. The molecular weight excluding hydrogens is 246 g/mol. The third-order valence-corrected chi connectivity index (χ3v) is 5.50. The van der Waals surface area contributed by atoms with Gasteiger partial charge in [0.25, 0.3) is 0 Å². The molecule has 3 rings (SSSR count). The van der Waals surface area contributed by atoms with Gasteiger partial charge in [-0.05, 0) is 61.1 Å². The first-order valence-electron chi connectivity index (χ1n) is 8.16. The Bertz CT molecular complexity index is 441. The van der Waals surface area contributed by atoms with Gasteiger partial charge in [-0.15, -0.1) is 0 Å². The van der Waals surface area contributed by atoms with E-state index >= 15 is 0 Å². The van der Waals surface area contributed by atoms with Gasteiger partial charge in [-0.1, -0.05) is 25.5 Å². The zero-order chi connectivity index (χ0) is 14.1. The van der Waals surface area contributed by atoms with E-state index in [2.05, 4.69) is 36.2 Å². The van der Waals surface area contributed by atoms with Crippen LogP contribution in [0, 0.1) is 17.8 Å². The molecule has 2 nitrogen and oxygen atoms in total. The summed E-state index contributed by atoms with van der Waals surface area (Å²) in [4.78, 5) is 2.40. The smallest absolute Gasteiger partial charge is 0.0787 e. The van der Waals surface area contributed by atoms with E-state index in [1.54, 1.807) is 0 Å². The molecule has 0 aromatic heterocycles. The zero-order valence-corrected chi connectivity index (χ0v) is 12.8. The number of nitrogens with zero attached hydrogens (tertiary/aromatic N) is 1. The van der Waals surface area contributed by atoms with Crippen LogP contribution in [0.1, 0.15) is 50.7 Å². The lowest BCUT2D eigenvalue weighted by molar-refractivity contribution is 0.173. The Morgan fingerprint density at radius 3 is 2.50 bits per heavy atom. The Morgan fingerprint density at radius 2 is 1.95 bits per heavy atom. The summed E-state index contributed by atoms with van der Waals surface area (Å²) in [7, 11) is 2.21. The summed E-state index contributed by atoms with van der Waals surface area (Å²) in [6.45, 7) is 3.21. The highest BCUT2D eigenvalue weighted by Crippen LogP contribution is 2.48. The molecule has 2 aliphatic carbocycles. The number of benzene rings is 1. The third-order valence-electron chi connectivity index (χ3n) is 5.50. The first-order valence-corrected chi connectivity index (χ1v) is 8.16. The number of hydrogen-bond donors (Lipinski definition) is 1. The summed E-state index contributed by atoms with van der Waals surface area (Å²) in [5, 5.41) is 9.85. The fourth-order valence-corrected chi connectivity index (χ4v) is 4.24. The molecule has 2 heteroatoms. The molecule has 0 saturated heterocycles. The second kappa shape index (κ2) is 5.77. The van der Waals surface area contributed by atoms with Gasteiger partial charge in [0.1, 0.15) is 0 Å². The van der Waals surface area contributed by atoms with Crippen LogP contribution >= 0.6 is 0 Å². The second-order valence-corrected chi connectivity index (χ2v) is 6.83. The molecule has 0 amide bonds. The lowest BCUT2D eigenvalue weighted by atomic mass is 9.88. The number of rotatable bonds is 5. The standard InChI is InChI=1S/C18H27NO/c1-3-18(20)14-6-8-17(9-7-14)19(2)12-16-11-13-4-5-15(16)10-13/h6-9,13,15-16,18,20H,3-5,10-12H2,1-2H3/t13?,15?,16?,18-/m0/s1. The molecule has 2 fully saturated rings. The fourth-order valence-electron chi connectivity index (χ4n) is 4.24. The van der Waals surface area contributed by atoms with Crippen LogP contribution in [0.25, 0.3) is 0 Å². The highest BCUT2D eigenvalue weighted by molar-refractivity contribution is 5.47. The quantitative estimate of drug-likeness (QED) is 0.876. The van der Waals surface area contributed by atoms with Crippen molar-refractivity contribution in [3.63, 3.8) is 0 Å². The van der Waals surface area contributed by atoms with Gasteiger partial charge in [0, 0.05) is 19.3 Å². The molecule has 2 aliphatic rings. The number of hydrogen-bond acceptors (Lipinski definition) is 2. The Hall–Kier alpha value is -1.02. The van der Waals surface area contributed by atoms with E-state index in [0.717, 1.165) is 29.7 Å². The van der Waals surface area contributed by atoms with Gasteiger partial charge >= 0.3 is 0 Å². The molecular formula is C18H27NO. The third kappa shape index (κ3) is 2.71. The molecule has 0 aliphatic heterocycles. The van der Waals surface area contributed by atoms with E-state index in [9.17, 15) is 5.11 Å². The maximum absolute atomic E-state index is 9.85. The van der Waals surface area contributed by atoms with Crippen molar-refractivity contribution in [1.82, 2.24) is 0 Å². The summed E-state index contributed by atoms with van der Waals surface area (Å²) in [5.74, 6) is 2.92. The maximum atomic E-state index is 9.85. The average Bonchev–Trinajstić information content (AvgIpc) is 3.09. The van der Waals surface area contributed by atoms with Crippen LogP contribution in [0.4, 0.5) is 5.69 Å².